The van der Waals surface area contributed by atoms with Crippen LogP contribution in [0.2, 0.25) is 0 Å². The highest BCUT2D eigenvalue weighted by atomic mass is 127. The standard InChI is InChI=1S/C11H22N2O4S.HI/c1-13(2,8-10(14)15)5-3-6-18-7-4-9(12)11(16)17;/h9H,3-8,12H2,1-2H3,(H-,14,15,16,17);1H. The van der Waals surface area contributed by atoms with E-state index in [2.05, 4.69) is 0 Å². The molecule has 0 saturated heterocycles. The molecule has 0 saturated carbocycles. The van der Waals surface area contributed by atoms with Crippen molar-refractivity contribution in [3.63, 3.8) is 0 Å². The third kappa shape index (κ3) is 12.7. The van der Waals surface area contributed by atoms with Crippen LogP contribution in [-0.2, 0) is 9.59 Å². The molecule has 6 nitrogen and oxygen atoms in total. The van der Waals surface area contributed by atoms with Crippen LogP contribution >= 0.6 is 11.8 Å². The number of carboxylic acid groups (broad SMARTS) is 2. The molecular weight excluding hydrogens is 383 g/mol. The highest BCUT2D eigenvalue weighted by molar-refractivity contribution is 7.99. The van der Waals surface area contributed by atoms with Gasteiger partial charge in [-0.05, 0) is 17.9 Å². The van der Waals surface area contributed by atoms with Crippen molar-refractivity contribution < 1.29 is 48.3 Å². The highest BCUT2D eigenvalue weighted by Crippen LogP contribution is 2.08. The lowest BCUT2D eigenvalue weighted by atomic mass is 10.2. The number of quaternary nitrogens is 1. The topological polar surface area (TPSA) is 101 Å². The zero-order chi connectivity index (χ0) is 14.2. The summed E-state index contributed by atoms with van der Waals surface area (Å²) in [5.74, 6) is -0.136. The molecule has 0 radical (unpaired) electrons. The molecule has 0 aliphatic heterocycles. The molecule has 0 aromatic carbocycles. The Morgan fingerprint density at radius 3 is 2.32 bits per heavy atom. The van der Waals surface area contributed by atoms with Crippen LogP contribution in [0.5, 0.6) is 0 Å². The molecule has 114 valence electrons. The van der Waals surface area contributed by atoms with Crippen molar-refractivity contribution in [1.29, 1.82) is 0 Å². The van der Waals surface area contributed by atoms with Crippen molar-refractivity contribution in [3.8, 4) is 0 Å². The number of carboxylic acids is 2. The van der Waals surface area contributed by atoms with Crippen molar-refractivity contribution in [2.24, 2.45) is 5.73 Å². The summed E-state index contributed by atoms with van der Waals surface area (Å²) in [6.45, 7) is 0.916. The minimum Gasteiger partial charge on any atom is -1.00 e. The molecule has 0 amide bonds. The van der Waals surface area contributed by atoms with Crippen molar-refractivity contribution in [2.75, 3.05) is 38.7 Å². The van der Waals surface area contributed by atoms with E-state index >= 15 is 0 Å². The Labute approximate surface area is 135 Å². The molecule has 0 bridgehead atoms. The maximum absolute atomic E-state index is 10.6. The van der Waals surface area contributed by atoms with Crippen LogP contribution in [0.4, 0.5) is 0 Å². The molecule has 4 N–H and O–H groups in total. The second kappa shape index (κ2) is 10.7. The predicted molar refractivity (Wildman–Crippen MR) is 71.6 cm³/mol. The number of aliphatic carboxylic acids is 2. The molecule has 0 rings (SSSR count). The molecule has 0 aliphatic carbocycles. The van der Waals surface area contributed by atoms with Gasteiger partial charge >= 0.3 is 11.9 Å². The summed E-state index contributed by atoms with van der Waals surface area (Å²) in [4.78, 5) is 21.1. The highest BCUT2D eigenvalue weighted by Gasteiger charge is 2.18. The first-order valence-corrected chi connectivity index (χ1v) is 7.00. The molecule has 0 aromatic rings. The number of likely N-dealkylation sites (N-methyl/N-ethyl adjacent to an activating group) is 1. The van der Waals surface area contributed by atoms with Gasteiger partial charge in [0.05, 0.1) is 20.6 Å². The van der Waals surface area contributed by atoms with E-state index < -0.39 is 18.0 Å². The van der Waals surface area contributed by atoms with Gasteiger partial charge in [-0.2, -0.15) is 11.8 Å². The summed E-state index contributed by atoms with van der Waals surface area (Å²) >= 11 is 1.66. The van der Waals surface area contributed by atoms with E-state index in [9.17, 15) is 9.59 Å². The summed E-state index contributed by atoms with van der Waals surface area (Å²) in [7, 11) is 3.78. The molecule has 0 heterocycles. The Kier molecular flexibility index (Phi) is 12.0. The largest absolute Gasteiger partial charge is 1.00 e. The Morgan fingerprint density at radius 1 is 1.26 bits per heavy atom. The number of carbonyl (C=O) groups is 2. The lowest BCUT2D eigenvalue weighted by molar-refractivity contribution is -0.883. The molecule has 0 fully saturated rings. The average Bonchev–Trinajstić information content (AvgIpc) is 2.20. The third-order valence-electron chi connectivity index (χ3n) is 2.51. The maximum atomic E-state index is 10.6. The molecule has 1 unspecified atom stereocenters. The van der Waals surface area contributed by atoms with Gasteiger partial charge in [-0.3, -0.25) is 4.79 Å². The zero-order valence-electron chi connectivity index (χ0n) is 11.3. The first kappa shape index (κ1) is 21.2. The van der Waals surface area contributed by atoms with E-state index in [1.165, 1.54) is 0 Å². The second-order valence-corrected chi connectivity index (χ2v) is 6.14. The molecular formula is C11H23IN2O4S. The smallest absolute Gasteiger partial charge is 0.359 e. The number of nitrogens with two attached hydrogens (primary N) is 1. The van der Waals surface area contributed by atoms with Gasteiger partial charge in [-0.1, -0.05) is 0 Å². The fourth-order valence-corrected chi connectivity index (χ4v) is 2.43. The number of halogens is 1. The third-order valence-corrected chi connectivity index (χ3v) is 3.61. The summed E-state index contributed by atoms with van der Waals surface area (Å²) in [5, 5.41) is 17.3. The lowest BCUT2D eigenvalue weighted by Crippen LogP contribution is -3.00. The summed E-state index contributed by atoms with van der Waals surface area (Å²) in [6, 6.07) is -0.781. The van der Waals surface area contributed by atoms with Crippen LogP contribution in [-0.4, -0.2) is 71.4 Å². The van der Waals surface area contributed by atoms with Crippen molar-refractivity contribution in [3.05, 3.63) is 0 Å². The summed E-state index contributed by atoms with van der Waals surface area (Å²) in [5.41, 5.74) is 5.37. The van der Waals surface area contributed by atoms with Crippen molar-refractivity contribution >= 4 is 23.7 Å². The Balaban J connectivity index is 0. The van der Waals surface area contributed by atoms with Gasteiger partial charge in [0.25, 0.3) is 0 Å². The maximum Gasteiger partial charge on any atom is 0.359 e. The lowest BCUT2D eigenvalue weighted by Gasteiger charge is -2.27. The molecule has 1 atom stereocenters. The molecule has 0 spiro atoms. The molecule has 8 heteroatoms. The van der Waals surface area contributed by atoms with Crippen molar-refractivity contribution in [1.82, 2.24) is 0 Å². The van der Waals surface area contributed by atoms with Crippen LogP contribution in [0.1, 0.15) is 12.8 Å². The van der Waals surface area contributed by atoms with Crippen LogP contribution in [0.15, 0.2) is 0 Å². The van der Waals surface area contributed by atoms with E-state index in [4.69, 9.17) is 15.9 Å². The monoisotopic (exact) mass is 406 g/mol. The van der Waals surface area contributed by atoms with E-state index in [0.29, 0.717) is 10.9 Å². The van der Waals surface area contributed by atoms with Crippen LogP contribution in [0, 0.1) is 0 Å². The molecule has 19 heavy (non-hydrogen) atoms. The number of hydrogen-bond acceptors (Lipinski definition) is 4. The zero-order valence-corrected chi connectivity index (χ0v) is 14.3. The first-order chi connectivity index (χ1) is 8.24. The normalized spacial score (nSPS) is 12.6. The summed E-state index contributed by atoms with van der Waals surface area (Å²) in [6.07, 6.45) is 1.38. The van der Waals surface area contributed by atoms with Crippen LogP contribution in [0.3, 0.4) is 0 Å². The Morgan fingerprint density at radius 2 is 1.84 bits per heavy atom. The second-order valence-electron chi connectivity index (χ2n) is 4.91. The fraction of sp³-hybridized carbons (Fsp3) is 0.818. The van der Waals surface area contributed by atoms with Gasteiger partial charge in [-0.25, -0.2) is 4.79 Å². The van der Waals surface area contributed by atoms with Gasteiger partial charge in [0.1, 0.15) is 6.04 Å². The SMILES string of the molecule is C[N+](C)(CCCSCCC(N)C(=O)O)CC(=O)O.[I-]. The van der Waals surface area contributed by atoms with E-state index in [1.54, 1.807) is 11.8 Å². The van der Waals surface area contributed by atoms with Crippen LogP contribution in [0.25, 0.3) is 0 Å². The minimum atomic E-state index is -0.963. The Bertz CT molecular complexity index is 290. The van der Waals surface area contributed by atoms with E-state index in [1.807, 2.05) is 14.1 Å². The minimum absolute atomic E-state index is 0. The van der Waals surface area contributed by atoms with Gasteiger partial charge in [0, 0.05) is 6.42 Å². The number of nitrogens with zero attached hydrogens (tertiary/aromatic N) is 1. The quantitative estimate of drug-likeness (QED) is 0.204. The molecule has 0 aliphatic rings. The van der Waals surface area contributed by atoms with E-state index in [-0.39, 0.29) is 30.5 Å². The Hall–Kier alpha value is -0.0600. The number of rotatable bonds is 10. The van der Waals surface area contributed by atoms with Gasteiger partial charge in [0.2, 0.25) is 0 Å². The van der Waals surface area contributed by atoms with Crippen molar-refractivity contribution in [2.45, 2.75) is 18.9 Å². The average molecular weight is 406 g/mol. The van der Waals surface area contributed by atoms with Gasteiger partial charge < -0.3 is 44.4 Å². The molecule has 0 aromatic heterocycles. The van der Waals surface area contributed by atoms with Crippen LogP contribution < -0.4 is 29.7 Å². The fourth-order valence-electron chi connectivity index (χ4n) is 1.48. The predicted octanol–water partition coefficient (Wildman–Crippen LogP) is -2.92. The number of hydrogen-bond donors (Lipinski definition) is 3. The van der Waals surface area contributed by atoms with Gasteiger partial charge in [0.15, 0.2) is 6.54 Å². The van der Waals surface area contributed by atoms with Gasteiger partial charge in [-0.15, -0.1) is 0 Å². The number of thioether (sulfide) groups is 1. The first-order valence-electron chi connectivity index (χ1n) is 5.84. The summed E-state index contributed by atoms with van der Waals surface area (Å²) < 4.78 is 0.463. The van der Waals surface area contributed by atoms with E-state index in [0.717, 1.165) is 24.5 Å².